The van der Waals surface area contributed by atoms with E-state index in [-0.39, 0.29) is 5.82 Å². The van der Waals surface area contributed by atoms with Gasteiger partial charge >= 0.3 is 0 Å². The number of nitrogen functional groups attached to an aromatic ring is 1. The molecule has 4 aromatic rings. The number of hydrogen-bond donors (Lipinski definition) is 1. The Morgan fingerprint density at radius 2 is 1.86 bits per heavy atom. The van der Waals surface area contributed by atoms with Gasteiger partial charge in [-0.1, -0.05) is 18.2 Å². The summed E-state index contributed by atoms with van der Waals surface area (Å²) in [5.41, 5.74) is 6.59. The van der Waals surface area contributed by atoms with Crippen LogP contribution in [0.4, 0.5) is 10.2 Å². The number of nitrogens with zero attached hydrogens (tertiary/aromatic N) is 2. The van der Waals surface area contributed by atoms with Crippen molar-refractivity contribution in [3.8, 4) is 10.7 Å². The van der Waals surface area contributed by atoms with Crippen LogP contribution in [0, 0.1) is 5.82 Å². The standard InChI is InChI=1S/C16H10FN3S/c17-10-5-6-12-11(8-10)15(18)20-16(19-12)14-7-9-3-1-2-4-13(9)21-14/h1-8H,(H2,18,19,20). The van der Waals surface area contributed by atoms with Crippen LogP contribution in [0.5, 0.6) is 0 Å². The van der Waals surface area contributed by atoms with Gasteiger partial charge in [0, 0.05) is 10.1 Å². The third kappa shape index (κ3) is 2.02. The lowest BCUT2D eigenvalue weighted by Crippen LogP contribution is -1.97. The van der Waals surface area contributed by atoms with E-state index in [1.54, 1.807) is 17.4 Å². The largest absolute Gasteiger partial charge is 0.383 e. The monoisotopic (exact) mass is 295 g/mol. The number of halogens is 1. The molecule has 0 aliphatic carbocycles. The van der Waals surface area contributed by atoms with Crippen molar-refractivity contribution < 1.29 is 4.39 Å². The number of aromatic nitrogens is 2. The van der Waals surface area contributed by atoms with Crippen LogP contribution in [-0.4, -0.2) is 9.97 Å². The first-order valence-electron chi connectivity index (χ1n) is 6.42. The van der Waals surface area contributed by atoms with Crippen molar-refractivity contribution >= 4 is 38.1 Å². The van der Waals surface area contributed by atoms with Gasteiger partial charge in [-0.25, -0.2) is 14.4 Å². The molecule has 21 heavy (non-hydrogen) atoms. The molecule has 4 rings (SSSR count). The molecule has 0 spiro atoms. The number of thiophene rings is 1. The van der Waals surface area contributed by atoms with Crippen molar-refractivity contribution in [1.82, 2.24) is 9.97 Å². The van der Waals surface area contributed by atoms with Gasteiger partial charge in [-0.05, 0) is 35.7 Å². The summed E-state index contributed by atoms with van der Waals surface area (Å²) in [6.07, 6.45) is 0. The van der Waals surface area contributed by atoms with Crippen LogP contribution in [0.2, 0.25) is 0 Å². The highest BCUT2D eigenvalue weighted by atomic mass is 32.1. The van der Waals surface area contributed by atoms with E-state index in [0.717, 1.165) is 10.3 Å². The van der Waals surface area contributed by atoms with Crippen LogP contribution >= 0.6 is 11.3 Å². The molecule has 0 bridgehead atoms. The summed E-state index contributed by atoms with van der Waals surface area (Å²) in [5.74, 6) is 0.534. The predicted octanol–water partition coefficient (Wildman–Crippen LogP) is 4.23. The number of anilines is 1. The molecule has 2 aromatic heterocycles. The van der Waals surface area contributed by atoms with E-state index >= 15 is 0 Å². The summed E-state index contributed by atoms with van der Waals surface area (Å²) in [4.78, 5) is 9.77. The minimum absolute atomic E-state index is 0.298. The first-order valence-corrected chi connectivity index (χ1v) is 7.24. The third-order valence-corrected chi connectivity index (χ3v) is 4.45. The summed E-state index contributed by atoms with van der Waals surface area (Å²) in [6, 6.07) is 14.5. The minimum Gasteiger partial charge on any atom is -0.383 e. The molecule has 2 N–H and O–H groups in total. The molecule has 0 amide bonds. The van der Waals surface area contributed by atoms with Gasteiger partial charge in [0.15, 0.2) is 5.82 Å². The van der Waals surface area contributed by atoms with Crippen molar-refractivity contribution in [2.24, 2.45) is 0 Å². The number of benzene rings is 2. The van der Waals surface area contributed by atoms with E-state index in [9.17, 15) is 4.39 Å². The van der Waals surface area contributed by atoms with Crippen molar-refractivity contribution in [2.75, 3.05) is 5.73 Å². The fourth-order valence-electron chi connectivity index (χ4n) is 2.33. The first kappa shape index (κ1) is 12.2. The van der Waals surface area contributed by atoms with E-state index in [1.165, 1.54) is 16.8 Å². The molecule has 0 aliphatic rings. The summed E-state index contributed by atoms with van der Waals surface area (Å²) < 4.78 is 14.4. The smallest absolute Gasteiger partial charge is 0.172 e. The second-order valence-electron chi connectivity index (χ2n) is 4.74. The summed E-state index contributed by atoms with van der Waals surface area (Å²) in [6.45, 7) is 0. The Morgan fingerprint density at radius 3 is 2.71 bits per heavy atom. The summed E-state index contributed by atoms with van der Waals surface area (Å²) >= 11 is 1.62. The molecule has 3 nitrogen and oxygen atoms in total. The normalized spacial score (nSPS) is 11.3. The molecule has 0 radical (unpaired) electrons. The van der Waals surface area contributed by atoms with Crippen LogP contribution in [0.1, 0.15) is 0 Å². The molecular formula is C16H10FN3S. The Hall–Kier alpha value is -2.53. The fourth-order valence-corrected chi connectivity index (χ4v) is 3.32. The number of hydrogen-bond acceptors (Lipinski definition) is 4. The van der Waals surface area contributed by atoms with E-state index < -0.39 is 0 Å². The minimum atomic E-state index is -0.340. The summed E-state index contributed by atoms with van der Waals surface area (Å²) in [7, 11) is 0. The Bertz CT molecular complexity index is 945. The fraction of sp³-hybridized carbons (Fsp3) is 0. The lowest BCUT2D eigenvalue weighted by molar-refractivity contribution is 0.629. The van der Waals surface area contributed by atoms with E-state index in [1.807, 2.05) is 18.2 Å². The first-order chi connectivity index (χ1) is 10.2. The van der Waals surface area contributed by atoms with Crippen LogP contribution in [0.3, 0.4) is 0 Å². The van der Waals surface area contributed by atoms with Crippen molar-refractivity contribution in [3.05, 3.63) is 54.3 Å². The molecule has 0 atom stereocenters. The molecule has 0 aliphatic heterocycles. The molecule has 2 heterocycles. The van der Waals surface area contributed by atoms with Gasteiger partial charge in [-0.15, -0.1) is 11.3 Å². The van der Waals surface area contributed by atoms with Crippen molar-refractivity contribution in [2.45, 2.75) is 0 Å². The maximum Gasteiger partial charge on any atom is 0.172 e. The van der Waals surface area contributed by atoms with Crippen molar-refractivity contribution in [1.29, 1.82) is 0 Å². The quantitative estimate of drug-likeness (QED) is 0.571. The molecule has 0 saturated carbocycles. The van der Waals surface area contributed by atoms with E-state index in [4.69, 9.17) is 5.73 Å². The Morgan fingerprint density at radius 1 is 1.00 bits per heavy atom. The molecule has 2 aromatic carbocycles. The number of rotatable bonds is 1. The highest BCUT2D eigenvalue weighted by molar-refractivity contribution is 7.22. The van der Waals surface area contributed by atoms with Crippen LogP contribution in [0.25, 0.3) is 31.7 Å². The number of nitrogens with two attached hydrogens (primary N) is 1. The Kier molecular flexibility index (Phi) is 2.62. The SMILES string of the molecule is Nc1nc(-c2cc3ccccc3s2)nc2ccc(F)cc12. The van der Waals surface area contributed by atoms with E-state index in [2.05, 4.69) is 22.1 Å². The maximum absolute atomic E-state index is 13.3. The van der Waals surface area contributed by atoms with Gasteiger partial charge in [0.05, 0.1) is 10.4 Å². The highest BCUT2D eigenvalue weighted by Crippen LogP contribution is 2.33. The zero-order chi connectivity index (χ0) is 14.4. The lowest BCUT2D eigenvalue weighted by atomic mass is 10.2. The highest BCUT2D eigenvalue weighted by Gasteiger charge is 2.11. The van der Waals surface area contributed by atoms with Gasteiger partial charge in [0.2, 0.25) is 0 Å². The zero-order valence-corrected chi connectivity index (χ0v) is 11.7. The van der Waals surface area contributed by atoms with Crippen LogP contribution in [-0.2, 0) is 0 Å². The van der Waals surface area contributed by atoms with Gasteiger partial charge in [0.25, 0.3) is 0 Å². The third-order valence-electron chi connectivity index (χ3n) is 3.33. The van der Waals surface area contributed by atoms with Crippen molar-refractivity contribution in [3.63, 3.8) is 0 Å². The Balaban J connectivity index is 1.95. The van der Waals surface area contributed by atoms with Gasteiger partial charge in [-0.3, -0.25) is 0 Å². The molecule has 102 valence electrons. The average Bonchev–Trinajstić information content (AvgIpc) is 2.92. The van der Waals surface area contributed by atoms with Crippen LogP contribution < -0.4 is 5.73 Å². The maximum atomic E-state index is 13.3. The molecular weight excluding hydrogens is 285 g/mol. The molecule has 0 fully saturated rings. The predicted molar refractivity (Wildman–Crippen MR) is 84.7 cm³/mol. The molecule has 5 heteroatoms. The van der Waals surface area contributed by atoms with Crippen LogP contribution in [0.15, 0.2) is 48.5 Å². The number of fused-ring (bicyclic) bond motifs is 2. The topological polar surface area (TPSA) is 51.8 Å². The lowest BCUT2D eigenvalue weighted by Gasteiger charge is -2.03. The summed E-state index contributed by atoms with van der Waals surface area (Å²) in [5, 5.41) is 1.69. The molecule has 0 saturated heterocycles. The molecule has 0 unspecified atom stereocenters. The second kappa shape index (κ2) is 4.49. The van der Waals surface area contributed by atoms with Gasteiger partial charge in [-0.2, -0.15) is 0 Å². The van der Waals surface area contributed by atoms with Gasteiger partial charge in [0.1, 0.15) is 11.6 Å². The Labute approximate surface area is 123 Å². The zero-order valence-electron chi connectivity index (χ0n) is 10.9. The van der Waals surface area contributed by atoms with Gasteiger partial charge < -0.3 is 5.73 Å². The average molecular weight is 295 g/mol. The van der Waals surface area contributed by atoms with E-state index in [0.29, 0.717) is 22.5 Å². The second-order valence-corrected chi connectivity index (χ2v) is 5.83.